The van der Waals surface area contributed by atoms with Gasteiger partial charge in [-0.25, -0.2) is 0 Å². The van der Waals surface area contributed by atoms with Crippen LogP contribution in [-0.4, -0.2) is 34.0 Å². The molecule has 1 atom stereocenters. The van der Waals surface area contributed by atoms with Crippen LogP contribution in [0.2, 0.25) is 0 Å². The lowest BCUT2D eigenvalue weighted by Crippen LogP contribution is -2.54. The van der Waals surface area contributed by atoms with Gasteiger partial charge in [-0.3, -0.25) is 0 Å². The molecule has 5 heteroatoms. The molecule has 4 N–H and O–H groups in total. The van der Waals surface area contributed by atoms with Crippen LogP contribution in [0, 0.1) is 5.41 Å². The van der Waals surface area contributed by atoms with E-state index >= 15 is 0 Å². The molecule has 0 saturated carbocycles. The fourth-order valence-corrected chi connectivity index (χ4v) is 2.19. The molecule has 1 aromatic carbocycles. The minimum Gasteiger partial charge on any atom is -0.493 e. The van der Waals surface area contributed by atoms with E-state index in [2.05, 4.69) is 0 Å². The number of methoxy groups -OCH3 is 2. The summed E-state index contributed by atoms with van der Waals surface area (Å²) in [6.07, 6.45) is 0. The smallest absolute Gasteiger partial charge is 0.161 e. The fourth-order valence-electron chi connectivity index (χ4n) is 2.19. The standard InChI is InChI=1S/C13H20N2O3/c1-16-10-4-3-9(5-11(10)17-2)12(15)13(6-14)7-18-8-13/h3-5,12H,6-8,14-15H2,1-2H3. The van der Waals surface area contributed by atoms with Crippen LogP contribution < -0.4 is 20.9 Å². The lowest BCUT2D eigenvalue weighted by molar-refractivity contribution is -0.121. The summed E-state index contributed by atoms with van der Waals surface area (Å²) in [6.45, 7) is 1.74. The summed E-state index contributed by atoms with van der Waals surface area (Å²) in [5, 5.41) is 0. The molecule has 1 saturated heterocycles. The minimum atomic E-state index is -0.156. The Hall–Kier alpha value is -1.30. The summed E-state index contributed by atoms with van der Waals surface area (Å²) >= 11 is 0. The van der Waals surface area contributed by atoms with Crippen molar-refractivity contribution in [3.63, 3.8) is 0 Å². The fraction of sp³-hybridized carbons (Fsp3) is 0.538. The van der Waals surface area contributed by atoms with Crippen LogP contribution >= 0.6 is 0 Å². The normalized spacial score (nSPS) is 18.9. The number of rotatable bonds is 5. The van der Waals surface area contributed by atoms with E-state index in [1.807, 2.05) is 18.2 Å². The zero-order valence-corrected chi connectivity index (χ0v) is 10.8. The Morgan fingerprint density at radius 1 is 1.28 bits per heavy atom. The van der Waals surface area contributed by atoms with E-state index in [0.717, 1.165) is 5.56 Å². The van der Waals surface area contributed by atoms with Gasteiger partial charge in [-0.15, -0.1) is 0 Å². The van der Waals surface area contributed by atoms with Crippen molar-refractivity contribution < 1.29 is 14.2 Å². The van der Waals surface area contributed by atoms with E-state index in [4.69, 9.17) is 25.7 Å². The number of nitrogens with two attached hydrogens (primary N) is 2. The third kappa shape index (κ3) is 2.05. The summed E-state index contributed by atoms with van der Waals surface area (Å²) < 4.78 is 15.7. The highest BCUT2D eigenvalue weighted by molar-refractivity contribution is 5.44. The summed E-state index contributed by atoms with van der Waals surface area (Å²) in [4.78, 5) is 0. The summed E-state index contributed by atoms with van der Waals surface area (Å²) in [7, 11) is 3.22. The Morgan fingerprint density at radius 2 is 1.94 bits per heavy atom. The molecule has 0 radical (unpaired) electrons. The van der Waals surface area contributed by atoms with Gasteiger partial charge in [0, 0.05) is 18.0 Å². The molecule has 18 heavy (non-hydrogen) atoms. The predicted octanol–water partition coefficient (Wildman–Crippen LogP) is 0.679. The van der Waals surface area contributed by atoms with Crippen molar-refractivity contribution in [3.8, 4) is 11.5 Å². The molecule has 1 unspecified atom stereocenters. The molecule has 0 aliphatic carbocycles. The molecule has 100 valence electrons. The monoisotopic (exact) mass is 252 g/mol. The van der Waals surface area contributed by atoms with E-state index in [1.54, 1.807) is 14.2 Å². The average molecular weight is 252 g/mol. The first-order valence-electron chi connectivity index (χ1n) is 5.92. The third-order valence-electron chi connectivity index (χ3n) is 3.61. The lowest BCUT2D eigenvalue weighted by atomic mass is 9.75. The van der Waals surface area contributed by atoms with Gasteiger partial charge in [0.2, 0.25) is 0 Å². The Kier molecular flexibility index (Phi) is 3.75. The van der Waals surface area contributed by atoms with Crippen LogP contribution in [-0.2, 0) is 4.74 Å². The molecule has 1 aliphatic rings. The highest BCUT2D eigenvalue weighted by Crippen LogP contribution is 2.40. The van der Waals surface area contributed by atoms with E-state index in [9.17, 15) is 0 Å². The van der Waals surface area contributed by atoms with Crippen molar-refractivity contribution in [2.24, 2.45) is 16.9 Å². The molecule has 0 spiro atoms. The zero-order valence-electron chi connectivity index (χ0n) is 10.8. The average Bonchev–Trinajstić information content (AvgIpc) is 2.37. The molecular formula is C13H20N2O3. The highest BCUT2D eigenvalue weighted by atomic mass is 16.5. The molecule has 1 heterocycles. The molecule has 5 nitrogen and oxygen atoms in total. The van der Waals surface area contributed by atoms with E-state index in [-0.39, 0.29) is 11.5 Å². The Morgan fingerprint density at radius 3 is 2.39 bits per heavy atom. The number of benzene rings is 1. The van der Waals surface area contributed by atoms with Gasteiger partial charge in [0.05, 0.1) is 27.4 Å². The van der Waals surface area contributed by atoms with Gasteiger partial charge in [-0.05, 0) is 17.7 Å². The first-order valence-corrected chi connectivity index (χ1v) is 5.92. The maximum atomic E-state index is 6.30. The van der Waals surface area contributed by atoms with E-state index in [0.29, 0.717) is 31.3 Å². The zero-order chi connectivity index (χ0) is 13.2. The van der Waals surface area contributed by atoms with E-state index in [1.165, 1.54) is 0 Å². The van der Waals surface area contributed by atoms with Gasteiger partial charge in [0.25, 0.3) is 0 Å². The highest BCUT2D eigenvalue weighted by Gasteiger charge is 2.43. The number of ether oxygens (including phenoxy) is 3. The van der Waals surface area contributed by atoms with Gasteiger partial charge < -0.3 is 25.7 Å². The first-order chi connectivity index (χ1) is 8.66. The first kappa shape index (κ1) is 13.1. The van der Waals surface area contributed by atoms with Gasteiger partial charge in [0.1, 0.15) is 0 Å². The van der Waals surface area contributed by atoms with Crippen LogP contribution in [0.3, 0.4) is 0 Å². The summed E-state index contributed by atoms with van der Waals surface area (Å²) in [5.41, 5.74) is 13.0. The van der Waals surface area contributed by atoms with Crippen LogP contribution in [0.1, 0.15) is 11.6 Å². The second-order valence-corrected chi connectivity index (χ2v) is 4.65. The van der Waals surface area contributed by atoms with Crippen LogP contribution in [0.15, 0.2) is 18.2 Å². The minimum absolute atomic E-state index is 0.153. The maximum absolute atomic E-state index is 6.30. The molecule has 0 bridgehead atoms. The van der Waals surface area contributed by atoms with Crippen molar-refractivity contribution in [3.05, 3.63) is 23.8 Å². The van der Waals surface area contributed by atoms with Crippen molar-refractivity contribution in [1.82, 2.24) is 0 Å². The summed E-state index contributed by atoms with van der Waals surface area (Å²) in [5.74, 6) is 1.37. The van der Waals surface area contributed by atoms with Crippen LogP contribution in [0.25, 0.3) is 0 Å². The number of hydrogen-bond donors (Lipinski definition) is 2. The maximum Gasteiger partial charge on any atom is 0.161 e. The second kappa shape index (κ2) is 5.14. The molecule has 1 aromatic rings. The van der Waals surface area contributed by atoms with Crippen LogP contribution in [0.4, 0.5) is 0 Å². The molecule has 0 amide bonds. The Labute approximate surface area is 107 Å². The molecule has 2 rings (SSSR count). The van der Waals surface area contributed by atoms with E-state index < -0.39 is 0 Å². The quantitative estimate of drug-likeness (QED) is 0.805. The van der Waals surface area contributed by atoms with Gasteiger partial charge in [-0.1, -0.05) is 6.07 Å². The van der Waals surface area contributed by atoms with Crippen molar-refractivity contribution in [2.75, 3.05) is 34.0 Å². The van der Waals surface area contributed by atoms with Crippen molar-refractivity contribution in [1.29, 1.82) is 0 Å². The molecule has 1 fully saturated rings. The number of hydrogen-bond acceptors (Lipinski definition) is 5. The molecule has 0 aromatic heterocycles. The lowest BCUT2D eigenvalue weighted by Gasteiger charge is -2.45. The molecule has 1 aliphatic heterocycles. The van der Waals surface area contributed by atoms with Crippen LogP contribution in [0.5, 0.6) is 11.5 Å². The third-order valence-corrected chi connectivity index (χ3v) is 3.61. The van der Waals surface area contributed by atoms with Gasteiger partial charge in [0.15, 0.2) is 11.5 Å². The Bertz CT molecular complexity index is 413. The largest absolute Gasteiger partial charge is 0.493 e. The van der Waals surface area contributed by atoms with Gasteiger partial charge in [-0.2, -0.15) is 0 Å². The van der Waals surface area contributed by atoms with Crippen molar-refractivity contribution >= 4 is 0 Å². The predicted molar refractivity (Wildman–Crippen MR) is 68.8 cm³/mol. The summed E-state index contributed by atoms with van der Waals surface area (Å²) in [6, 6.07) is 5.55. The second-order valence-electron chi connectivity index (χ2n) is 4.65. The topological polar surface area (TPSA) is 79.7 Å². The van der Waals surface area contributed by atoms with Gasteiger partial charge >= 0.3 is 0 Å². The Balaban J connectivity index is 2.28. The SMILES string of the molecule is COc1ccc(C(N)C2(CN)COC2)cc1OC. The van der Waals surface area contributed by atoms with Crippen molar-refractivity contribution in [2.45, 2.75) is 6.04 Å². The molecular weight excluding hydrogens is 232 g/mol.